The molecule has 0 amide bonds. The topological polar surface area (TPSA) is 77.2 Å². The Balaban J connectivity index is 1.70. The monoisotopic (exact) mass is 421 g/mol. The molecule has 1 fully saturated rings. The van der Waals surface area contributed by atoms with Crippen LogP contribution in [0.15, 0.2) is 59.8 Å². The first-order valence-electron chi connectivity index (χ1n) is 9.89. The number of halogens is 1. The SMILES string of the molecule is O=c1c2cc(Cc3ccc(Cl)nc3)c3ccccc3c2ncn1C1CCOCC1O. The lowest BCUT2D eigenvalue weighted by Gasteiger charge is -2.29. The Labute approximate surface area is 177 Å². The second kappa shape index (κ2) is 7.80. The predicted octanol–water partition coefficient (Wildman–Crippen LogP) is 3.51. The quantitative estimate of drug-likeness (QED) is 0.404. The van der Waals surface area contributed by atoms with Gasteiger partial charge in [0, 0.05) is 18.2 Å². The molecule has 3 heterocycles. The molecule has 2 atom stereocenters. The predicted molar refractivity (Wildman–Crippen MR) is 116 cm³/mol. The van der Waals surface area contributed by atoms with Gasteiger partial charge in [-0.3, -0.25) is 9.36 Å². The van der Waals surface area contributed by atoms with E-state index in [1.54, 1.807) is 23.2 Å². The molecule has 1 N–H and O–H groups in total. The van der Waals surface area contributed by atoms with Crippen molar-refractivity contribution in [1.82, 2.24) is 14.5 Å². The molecule has 1 saturated heterocycles. The third-order valence-corrected chi connectivity index (χ3v) is 5.93. The van der Waals surface area contributed by atoms with Gasteiger partial charge in [0.1, 0.15) is 5.15 Å². The molecule has 2 aromatic heterocycles. The van der Waals surface area contributed by atoms with E-state index in [-0.39, 0.29) is 18.2 Å². The standard InChI is InChI=1S/C23H20ClN3O3/c24-21-6-5-14(11-25-21)9-15-10-18-22(17-4-2-1-3-16(15)17)26-13-27(23(18)29)19-7-8-30-12-20(19)28/h1-6,10-11,13,19-20,28H,7-9,12H2. The Hall–Kier alpha value is -2.80. The normalized spacial score (nSPS) is 19.4. The molecular weight excluding hydrogens is 402 g/mol. The van der Waals surface area contributed by atoms with E-state index in [4.69, 9.17) is 16.3 Å². The number of benzene rings is 2. The van der Waals surface area contributed by atoms with Crippen LogP contribution in [0, 0.1) is 0 Å². The molecular formula is C23H20ClN3O3. The summed E-state index contributed by atoms with van der Waals surface area (Å²) in [5, 5.41) is 13.3. The van der Waals surface area contributed by atoms with Crippen LogP contribution in [0.1, 0.15) is 23.6 Å². The molecule has 0 spiro atoms. The first-order chi connectivity index (χ1) is 14.6. The molecule has 2 unspecified atom stereocenters. The first-order valence-corrected chi connectivity index (χ1v) is 10.3. The van der Waals surface area contributed by atoms with Crippen LogP contribution in [0.5, 0.6) is 0 Å². The van der Waals surface area contributed by atoms with Crippen molar-refractivity contribution in [1.29, 1.82) is 0 Å². The Morgan fingerprint density at radius 2 is 1.97 bits per heavy atom. The Morgan fingerprint density at radius 3 is 2.73 bits per heavy atom. The molecule has 1 aliphatic heterocycles. The molecule has 4 aromatic rings. The molecule has 1 aliphatic rings. The van der Waals surface area contributed by atoms with E-state index in [0.717, 1.165) is 21.9 Å². The highest BCUT2D eigenvalue weighted by Crippen LogP contribution is 2.28. The first kappa shape index (κ1) is 19.2. The summed E-state index contributed by atoms with van der Waals surface area (Å²) in [5.74, 6) is 0. The Bertz CT molecular complexity index is 1290. The lowest BCUT2D eigenvalue weighted by atomic mass is 9.96. The lowest BCUT2D eigenvalue weighted by Crippen LogP contribution is -2.39. The summed E-state index contributed by atoms with van der Waals surface area (Å²) in [6, 6.07) is 13.3. The largest absolute Gasteiger partial charge is 0.389 e. The van der Waals surface area contributed by atoms with Crippen molar-refractivity contribution in [3.63, 3.8) is 0 Å². The van der Waals surface area contributed by atoms with Crippen molar-refractivity contribution in [3.05, 3.63) is 81.6 Å². The van der Waals surface area contributed by atoms with E-state index in [9.17, 15) is 9.90 Å². The molecule has 0 bridgehead atoms. The number of ether oxygens (including phenoxy) is 1. The summed E-state index contributed by atoms with van der Waals surface area (Å²) in [6.45, 7) is 0.737. The van der Waals surface area contributed by atoms with E-state index < -0.39 is 6.10 Å². The average molecular weight is 422 g/mol. The molecule has 5 rings (SSSR count). The smallest absolute Gasteiger partial charge is 0.261 e. The second-order valence-corrected chi connectivity index (χ2v) is 7.99. The Morgan fingerprint density at radius 1 is 1.13 bits per heavy atom. The number of aromatic nitrogens is 3. The van der Waals surface area contributed by atoms with Crippen LogP contribution in [0.3, 0.4) is 0 Å². The van der Waals surface area contributed by atoms with Crippen LogP contribution in [-0.2, 0) is 11.2 Å². The maximum atomic E-state index is 13.4. The molecule has 0 saturated carbocycles. The number of hydrogen-bond acceptors (Lipinski definition) is 5. The van der Waals surface area contributed by atoms with Gasteiger partial charge in [-0.25, -0.2) is 9.97 Å². The summed E-state index contributed by atoms with van der Waals surface area (Å²) < 4.78 is 6.86. The zero-order valence-corrected chi connectivity index (χ0v) is 16.9. The van der Waals surface area contributed by atoms with Crippen molar-refractivity contribution in [2.45, 2.75) is 25.0 Å². The van der Waals surface area contributed by atoms with Gasteiger partial charge in [-0.15, -0.1) is 0 Å². The minimum Gasteiger partial charge on any atom is -0.389 e. The number of rotatable bonds is 3. The van der Waals surface area contributed by atoms with Gasteiger partial charge in [-0.05, 0) is 41.5 Å². The highest BCUT2D eigenvalue weighted by atomic mass is 35.5. The van der Waals surface area contributed by atoms with Crippen LogP contribution < -0.4 is 5.56 Å². The zero-order chi connectivity index (χ0) is 20.7. The maximum absolute atomic E-state index is 13.4. The van der Waals surface area contributed by atoms with Crippen molar-refractivity contribution < 1.29 is 9.84 Å². The van der Waals surface area contributed by atoms with Crippen molar-refractivity contribution in [3.8, 4) is 0 Å². The summed E-state index contributed by atoms with van der Waals surface area (Å²) >= 11 is 5.92. The minimum atomic E-state index is -0.726. The van der Waals surface area contributed by atoms with Gasteiger partial charge in [0.25, 0.3) is 5.56 Å². The fourth-order valence-electron chi connectivity index (χ4n) is 4.20. The van der Waals surface area contributed by atoms with Crippen LogP contribution in [-0.4, -0.2) is 39.0 Å². The van der Waals surface area contributed by atoms with Crippen molar-refractivity contribution >= 4 is 33.3 Å². The lowest BCUT2D eigenvalue weighted by molar-refractivity contribution is -0.0395. The number of hydrogen-bond donors (Lipinski definition) is 1. The zero-order valence-electron chi connectivity index (χ0n) is 16.2. The average Bonchev–Trinajstić information content (AvgIpc) is 2.77. The van der Waals surface area contributed by atoms with Crippen LogP contribution in [0.25, 0.3) is 21.7 Å². The van der Waals surface area contributed by atoms with Gasteiger partial charge in [0.2, 0.25) is 0 Å². The van der Waals surface area contributed by atoms with Gasteiger partial charge in [0.05, 0.1) is 36.0 Å². The fourth-order valence-corrected chi connectivity index (χ4v) is 4.31. The van der Waals surface area contributed by atoms with Gasteiger partial charge >= 0.3 is 0 Å². The van der Waals surface area contributed by atoms with E-state index in [0.29, 0.717) is 35.5 Å². The summed E-state index contributed by atoms with van der Waals surface area (Å²) in [6.07, 6.45) is 3.77. The van der Waals surface area contributed by atoms with Crippen molar-refractivity contribution in [2.75, 3.05) is 13.2 Å². The van der Waals surface area contributed by atoms with E-state index in [2.05, 4.69) is 9.97 Å². The molecule has 30 heavy (non-hydrogen) atoms. The molecule has 6 nitrogen and oxygen atoms in total. The summed E-state index contributed by atoms with van der Waals surface area (Å²) in [7, 11) is 0. The number of pyridine rings is 1. The second-order valence-electron chi connectivity index (χ2n) is 7.60. The van der Waals surface area contributed by atoms with Gasteiger partial charge < -0.3 is 9.84 Å². The van der Waals surface area contributed by atoms with Gasteiger partial charge in [0.15, 0.2) is 0 Å². The molecule has 7 heteroatoms. The van der Waals surface area contributed by atoms with E-state index in [1.165, 1.54) is 0 Å². The highest BCUT2D eigenvalue weighted by molar-refractivity contribution is 6.29. The van der Waals surface area contributed by atoms with E-state index >= 15 is 0 Å². The van der Waals surface area contributed by atoms with Crippen molar-refractivity contribution in [2.24, 2.45) is 0 Å². The van der Waals surface area contributed by atoms with Gasteiger partial charge in [-0.2, -0.15) is 0 Å². The van der Waals surface area contributed by atoms with Gasteiger partial charge in [-0.1, -0.05) is 41.9 Å². The number of aliphatic hydroxyl groups excluding tert-OH is 1. The third-order valence-electron chi connectivity index (χ3n) is 5.71. The van der Waals surface area contributed by atoms with E-state index in [1.807, 2.05) is 36.4 Å². The summed E-state index contributed by atoms with van der Waals surface area (Å²) in [4.78, 5) is 22.2. The highest BCUT2D eigenvalue weighted by Gasteiger charge is 2.27. The molecule has 2 aromatic carbocycles. The number of aliphatic hydroxyl groups is 1. The van der Waals surface area contributed by atoms with Crippen LogP contribution in [0.4, 0.5) is 0 Å². The number of nitrogens with zero attached hydrogens (tertiary/aromatic N) is 3. The summed E-state index contributed by atoms with van der Waals surface area (Å²) in [5.41, 5.74) is 2.55. The Kier molecular flexibility index (Phi) is 4.98. The molecule has 0 aliphatic carbocycles. The minimum absolute atomic E-state index is 0.146. The fraction of sp³-hybridized carbons (Fsp3) is 0.261. The van der Waals surface area contributed by atoms with Crippen LogP contribution >= 0.6 is 11.6 Å². The number of fused-ring (bicyclic) bond motifs is 3. The maximum Gasteiger partial charge on any atom is 0.261 e. The third kappa shape index (κ3) is 3.37. The van der Waals surface area contributed by atoms with Crippen LogP contribution in [0.2, 0.25) is 5.15 Å². The molecule has 152 valence electrons. The molecule has 0 radical (unpaired) electrons.